The highest BCUT2D eigenvalue weighted by Crippen LogP contribution is 2.20. The predicted octanol–water partition coefficient (Wildman–Crippen LogP) is 1.35. The molecule has 3 rings (SSSR count). The molecule has 3 aromatic heterocycles. The Morgan fingerprint density at radius 3 is 3.15 bits per heavy atom. The van der Waals surface area contributed by atoms with Crippen molar-refractivity contribution in [3.05, 3.63) is 29.4 Å². The first kappa shape index (κ1) is 12.8. The topological polar surface area (TPSA) is 83.8 Å². The fourth-order valence-corrected chi connectivity index (χ4v) is 2.70. The van der Waals surface area contributed by atoms with Crippen molar-refractivity contribution in [3.8, 4) is 11.9 Å². The van der Waals surface area contributed by atoms with E-state index < -0.39 is 0 Å². The average Bonchev–Trinajstić information content (AvgIpc) is 3.14. The standard InChI is InChI=1S/C12H13N7S/c1-2-3-14-7-9-11(16-12-18(9)4-5-20-12)19-8-15-10(6-13)17-19/h4-5,8,14H,2-3,7H2,1H3. The molecule has 7 nitrogen and oxygen atoms in total. The van der Waals surface area contributed by atoms with Crippen LogP contribution in [-0.2, 0) is 6.54 Å². The summed E-state index contributed by atoms with van der Waals surface area (Å²) in [5, 5.41) is 18.3. The summed E-state index contributed by atoms with van der Waals surface area (Å²) in [6.07, 6.45) is 4.58. The van der Waals surface area contributed by atoms with Crippen molar-refractivity contribution in [3.63, 3.8) is 0 Å². The zero-order valence-corrected chi connectivity index (χ0v) is 11.8. The highest BCUT2D eigenvalue weighted by Gasteiger charge is 2.15. The summed E-state index contributed by atoms with van der Waals surface area (Å²) in [6.45, 7) is 3.77. The normalized spacial score (nSPS) is 11.0. The number of hydrogen-bond donors (Lipinski definition) is 1. The molecule has 0 saturated heterocycles. The molecule has 0 amide bonds. The van der Waals surface area contributed by atoms with Crippen LogP contribution in [0.4, 0.5) is 0 Å². The molecule has 0 radical (unpaired) electrons. The van der Waals surface area contributed by atoms with E-state index in [9.17, 15) is 0 Å². The van der Waals surface area contributed by atoms with Gasteiger partial charge in [-0.2, -0.15) is 14.9 Å². The number of hydrogen-bond acceptors (Lipinski definition) is 6. The molecule has 0 aliphatic heterocycles. The molecule has 0 spiro atoms. The lowest BCUT2D eigenvalue weighted by Crippen LogP contribution is -2.16. The van der Waals surface area contributed by atoms with Gasteiger partial charge in [0.15, 0.2) is 10.8 Å². The van der Waals surface area contributed by atoms with Crippen LogP contribution in [0.1, 0.15) is 24.9 Å². The van der Waals surface area contributed by atoms with Crippen LogP contribution in [0.2, 0.25) is 0 Å². The van der Waals surface area contributed by atoms with Gasteiger partial charge in [0.05, 0.1) is 5.69 Å². The molecule has 0 fully saturated rings. The summed E-state index contributed by atoms with van der Waals surface area (Å²) in [4.78, 5) is 9.39. The zero-order chi connectivity index (χ0) is 13.9. The van der Waals surface area contributed by atoms with Gasteiger partial charge in [0, 0.05) is 18.1 Å². The van der Waals surface area contributed by atoms with Crippen LogP contribution in [-0.4, -0.2) is 30.7 Å². The molecule has 102 valence electrons. The summed E-state index contributed by atoms with van der Waals surface area (Å²) < 4.78 is 3.59. The molecule has 8 heteroatoms. The fourth-order valence-electron chi connectivity index (χ4n) is 1.97. The summed E-state index contributed by atoms with van der Waals surface area (Å²) in [5.74, 6) is 0.864. The van der Waals surface area contributed by atoms with Crippen LogP contribution < -0.4 is 5.32 Å². The summed E-state index contributed by atoms with van der Waals surface area (Å²) in [7, 11) is 0. The summed E-state index contributed by atoms with van der Waals surface area (Å²) in [5.41, 5.74) is 1.02. The lowest BCUT2D eigenvalue weighted by Gasteiger charge is -2.04. The van der Waals surface area contributed by atoms with E-state index in [4.69, 9.17) is 5.26 Å². The number of imidazole rings is 1. The number of nitrogens with one attached hydrogen (secondary N) is 1. The van der Waals surface area contributed by atoms with Crippen molar-refractivity contribution in [2.24, 2.45) is 0 Å². The van der Waals surface area contributed by atoms with Crippen LogP contribution in [0.3, 0.4) is 0 Å². The Morgan fingerprint density at radius 1 is 1.50 bits per heavy atom. The molecule has 3 aromatic rings. The molecule has 0 unspecified atom stereocenters. The van der Waals surface area contributed by atoms with E-state index in [-0.39, 0.29) is 5.82 Å². The third-order valence-electron chi connectivity index (χ3n) is 2.87. The monoisotopic (exact) mass is 287 g/mol. The third kappa shape index (κ3) is 2.17. The van der Waals surface area contributed by atoms with Gasteiger partial charge in [0.25, 0.3) is 5.82 Å². The van der Waals surface area contributed by atoms with E-state index >= 15 is 0 Å². The van der Waals surface area contributed by atoms with Crippen LogP contribution in [0, 0.1) is 11.3 Å². The lowest BCUT2D eigenvalue weighted by atomic mass is 10.4. The molecule has 0 aromatic carbocycles. The Hall–Kier alpha value is -2.24. The minimum atomic E-state index is 0.147. The molecule has 0 saturated carbocycles. The largest absolute Gasteiger partial charge is 0.311 e. The van der Waals surface area contributed by atoms with Crippen molar-refractivity contribution in [1.29, 1.82) is 5.26 Å². The first-order chi connectivity index (χ1) is 9.83. The molecular formula is C12H13N7S. The fraction of sp³-hybridized carbons (Fsp3) is 0.333. The van der Waals surface area contributed by atoms with E-state index in [0.29, 0.717) is 6.54 Å². The van der Waals surface area contributed by atoms with Gasteiger partial charge in [-0.1, -0.05) is 6.92 Å². The predicted molar refractivity (Wildman–Crippen MR) is 74.7 cm³/mol. The van der Waals surface area contributed by atoms with Crippen LogP contribution in [0.15, 0.2) is 17.9 Å². The van der Waals surface area contributed by atoms with Gasteiger partial charge in [0.1, 0.15) is 12.4 Å². The van der Waals surface area contributed by atoms with E-state index in [1.807, 2.05) is 22.0 Å². The first-order valence-electron chi connectivity index (χ1n) is 6.30. The quantitative estimate of drug-likeness (QED) is 0.716. The maximum Gasteiger partial charge on any atom is 0.252 e. The Kier molecular flexibility index (Phi) is 3.45. The molecule has 1 N–H and O–H groups in total. The summed E-state index contributed by atoms with van der Waals surface area (Å²) >= 11 is 1.57. The number of nitrogens with zero attached hydrogens (tertiary/aromatic N) is 6. The van der Waals surface area contributed by atoms with Gasteiger partial charge in [-0.15, -0.1) is 16.4 Å². The lowest BCUT2D eigenvalue weighted by molar-refractivity contribution is 0.655. The molecule has 3 heterocycles. The smallest absolute Gasteiger partial charge is 0.252 e. The first-order valence-corrected chi connectivity index (χ1v) is 7.18. The van der Waals surface area contributed by atoms with Gasteiger partial charge in [-0.3, -0.25) is 4.40 Å². The van der Waals surface area contributed by atoms with Crippen molar-refractivity contribution >= 4 is 16.3 Å². The van der Waals surface area contributed by atoms with Crippen molar-refractivity contribution < 1.29 is 0 Å². The minimum absolute atomic E-state index is 0.147. The van der Waals surface area contributed by atoms with Crippen molar-refractivity contribution in [1.82, 2.24) is 29.5 Å². The molecule has 0 aliphatic rings. The van der Waals surface area contributed by atoms with Crippen molar-refractivity contribution in [2.45, 2.75) is 19.9 Å². The SMILES string of the molecule is CCCNCc1c(-n2cnc(C#N)n2)nc2sccn12. The highest BCUT2D eigenvalue weighted by molar-refractivity contribution is 7.15. The maximum absolute atomic E-state index is 8.82. The Morgan fingerprint density at radius 2 is 2.40 bits per heavy atom. The van der Waals surface area contributed by atoms with E-state index in [1.54, 1.807) is 16.0 Å². The maximum atomic E-state index is 8.82. The van der Waals surface area contributed by atoms with Gasteiger partial charge < -0.3 is 5.32 Å². The number of fused-ring (bicyclic) bond motifs is 1. The molecule has 0 atom stereocenters. The van der Waals surface area contributed by atoms with Gasteiger partial charge in [0.2, 0.25) is 0 Å². The van der Waals surface area contributed by atoms with Crippen LogP contribution in [0.5, 0.6) is 0 Å². The van der Waals surface area contributed by atoms with Crippen LogP contribution in [0.25, 0.3) is 10.8 Å². The van der Waals surface area contributed by atoms with Crippen LogP contribution >= 0.6 is 11.3 Å². The van der Waals surface area contributed by atoms with Gasteiger partial charge >= 0.3 is 0 Å². The molecule has 20 heavy (non-hydrogen) atoms. The van der Waals surface area contributed by atoms with E-state index in [2.05, 4.69) is 27.3 Å². The van der Waals surface area contributed by atoms with Crippen molar-refractivity contribution in [2.75, 3.05) is 6.54 Å². The Balaban J connectivity index is 2.02. The number of thiazole rings is 1. The Bertz CT molecular complexity index is 760. The second-order valence-electron chi connectivity index (χ2n) is 4.24. The zero-order valence-electron chi connectivity index (χ0n) is 10.9. The van der Waals surface area contributed by atoms with Gasteiger partial charge in [-0.25, -0.2) is 4.98 Å². The number of nitriles is 1. The molecule has 0 bridgehead atoms. The number of rotatable bonds is 5. The number of aromatic nitrogens is 5. The van der Waals surface area contributed by atoms with Gasteiger partial charge in [-0.05, 0) is 13.0 Å². The second-order valence-corrected chi connectivity index (χ2v) is 5.11. The summed E-state index contributed by atoms with van der Waals surface area (Å²) in [6, 6.07) is 1.93. The highest BCUT2D eigenvalue weighted by atomic mass is 32.1. The average molecular weight is 287 g/mol. The minimum Gasteiger partial charge on any atom is -0.311 e. The third-order valence-corrected chi connectivity index (χ3v) is 3.62. The molecule has 0 aliphatic carbocycles. The van der Waals surface area contributed by atoms with E-state index in [1.165, 1.54) is 6.33 Å². The Labute approximate surface area is 119 Å². The van der Waals surface area contributed by atoms with E-state index in [0.717, 1.165) is 29.4 Å². The molecular weight excluding hydrogens is 274 g/mol. The second kappa shape index (κ2) is 5.40.